The molecule has 0 fully saturated rings. The van der Waals surface area contributed by atoms with Crippen molar-refractivity contribution in [2.45, 2.75) is 27.3 Å². The molecule has 0 amide bonds. The molecule has 0 unspecified atom stereocenters. The van der Waals surface area contributed by atoms with Crippen molar-refractivity contribution in [3.05, 3.63) is 74.8 Å². The van der Waals surface area contributed by atoms with Gasteiger partial charge in [0.15, 0.2) is 0 Å². The Bertz CT molecular complexity index is 1090. The molecule has 2 heterocycles. The average molecular weight is 349 g/mol. The van der Waals surface area contributed by atoms with Gasteiger partial charge in [-0.25, -0.2) is 4.79 Å². The molecule has 0 radical (unpaired) electrons. The first kappa shape index (κ1) is 17.5. The van der Waals surface area contributed by atoms with Crippen LogP contribution in [0.3, 0.4) is 0 Å². The summed E-state index contributed by atoms with van der Waals surface area (Å²) in [6.07, 6.45) is 1.49. The number of benzene rings is 1. The number of fused-ring (bicyclic) bond motifs is 1. The Morgan fingerprint density at radius 1 is 1.23 bits per heavy atom. The number of esters is 1. The Hall–Kier alpha value is -3.33. The van der Waals surface area contributed by atoms with Crippen LogP contribution in [0.1, 0.15) is 39.7 Å². The van der Waals surface area contributed by atoms with E-state index in [0.717, 1.165) is 11.1 Å². The fourth-order valence-electron chi connectivity index (χ4n) is 3.08. The first-order chi connectivity index (χ1) is 12.5. The molecule has 0 bridgehead atoms. The normalized spacial score (nSPS) is 10.7. The molecule has 0 saturated heterocycles. The third kappa shape index (κ3) is 2.78. The number of hydrogen-bond acceptors (Lipinski definition) is 4. The van der Waals surface area contributed by atoms with E-state index in [0.29, 0.717) is 23.4 Å². The summed E-state index contributed by atoms with van der Waals surface area (Å²) >= 11 is 0. The maximum absolute atomic E-state index is 12.9. The van der Waals surface area contributed by atoms with Crippen LogP contribution >= 0.6 is 0 Å². The van der Waals surface area contributed by atoms with Crippen molar-refractivity contribution in [3.8, 4) is 6.07 Å². The topological polar surface area (TPSA) is 76.5 Å². The van der Waals surface area contributed by atoms with E-state index < -0.39 is 11.5 Å². The van der Waals surface area contributed by atoms with Crippen LogP contribution in [0.25, 0.3) is 5.65 Å². The molecular formula is C20H19N3O3. The van der Waals surface area contributed by atoms with Crippen molar-refractivity contribution >= 4 is 11.6 Å². The van der Waals surface area contributed by atoms with Crippen LogP contribution < -0.4 is 5.56 Å². The number of aromatic nitrogens is 2. The van der Waals surface area contributed by atoms with E-state index in [1.807, 2.05) is 30.3 Å². The number of ether oxygens (including phenoxy) is 1. The summed E-state index contributed by atoms with van der Waals surface area (Å²) in [5, 5.41) is 9.60. The number of aryl methyl sites for hydroxylation is 1. The van der Waals surface area contributed by atoms with Gasteiger partial charge in [0.25, 0.3) is 5.56 Å². The van der Waals surface area contributed by atoms with E-state index in [2.05, 4.69) is 6.07 Å². The summed E-state index contributed by atoms with van der Waals surface area (Å²) in [6, 6.07) is 11.8. The largest absolute Gasteiger partial charge is 0.462 e. The van der Waals surface area contributed by atoms with E-state index >= 15 is 0 Å². The first-order valence-electron chi connectivity index (χ1n) is 8.35. The molecule has 2 aromatic heterocycles. The number of hydrogen-bond donors (Lipinski definition) is 0. The fourth-order valence-corrected chi connectivity index (χ4v) is 3.08. The summed E-state index contributed by atoms with van der Waals surface area (Å²) in [7, 11) is 0. The number of carbonyl (C=O) groups is 1. The van der Waals surface area contributed by atoms with Crippen LogP contribution in [0.2, 0.25) is 0 Å². The quantitative estimate of drug-likeness (QED) is 0.679. The zero-order valence-electron chi connectivity index (χ0n) is 14.9. The van der Waals surface area contributed by atoms with Crippen LogP contribution in [-0.4, -0.2) is 21.5 Å². The van der Waals surface area contributed by atoms with E-state index in [1.165, 1.54) is 10.6 Å². The lowest BCUT2D eigenvalue weighted by Gasteiger charge is -2.13. The molecule has 0 N–H and O–H groups in total. The zero-order valence-corrected chi connectivity index (χ0v) is 14.9. The molecule has 0 spiro atoms. The van der Waals surface area contributed by atoms with Gasteiger partial charge in [-0.1, -0.05) is 30.3 Å². The van der Waals surface area contributed by atoms with Gasteiger partial charge in [-0.05, 0) is 31.9 Å². The molecule has 0 aliphatic heterocycles. The summed E-state index contributed by atoms with van der Waals surface area (Å²) in [5.41, 5.74) is 2.79. The molecule has 0 atom stereocenters. The Balaban J connectivity index is 2.35. The lowest BCUT2D eigenvalue weighted by atomic mass is 10.2. The van der Waals surface area contributed by atoms with Crippen molar-refractivity contribution in [2.75, 3.05) is 6.61 Å². The fraction of sp³-hybridized carbons (Fsp3) is 0.250. The molecule has 6 nitrogen and oxygen atoms in total. The highest BCUT2D eigenvalue weighted by atomic mass is 16.5. The maximum Gasteiger partial charge on any atom is 0.345 e. The Morgan fingerprint density at radius 2 is 1.92 bits per heavy atom. The third-order valence-electron chi connectivity index (χ3n) is 4.48. The van der Waals surface area contributed by atoms with Crippen molar-refractivity contribution in [2.24, 2.45) is 0 Å². The molecule has 1 aromatic carbocycles. The monoisotopic (exact) mass is 349 g/mol. The highest BCUT2D eigenvalue weighted by molar-refractivity contribution is 5.89. The summed E-state index contributed by atoms with van der Waals surface area (Å²) < 4.78 is 8.23. The maximum atomic E-state index is 12.9. The molecule has 0 saturated carbocycles. The minimum Gasteiger partial charge on any atom is -0.462 e. The predicted molar refractivity (Wildman–Crippen MR) is 97.3 cm³/mol. The van der Waals surface area contributed by atoms with E-state index in [1.54, 1.807) is 25.3 Å². The average Bonchev–Trinajstić information content (AvgIpc) is 2.90. The third-order valence-corrected chi connectivity index (χ3v) is 4.48. The Kier molecular flexibility index (Phi) is 4.63. The van der Waals surface area contributed by atoms with Crippen LogP contribution in [0.5, 0.6) is 0 Å². The van der Waals surface area contributed by atoms with Gasteiger partial charge in [0.1, 0.15) is 17.3 Å². The van der Waals surface area contributed by atoms with Crippen LogP contribution in [0.4, 0.5) is 0 Å². The smallest absolute Gasteiger partial charge is 0.345 e. The lowest BCUT2D eigenvalue weighted by molar-refractivity contribution is 0.0523. The van der Waals surface area contributed by atoms with E-state index in [-0.39, 0.29) is 12.2 Å². The van der Waals surface area contributed by atoms with Gasteiger partial charge in [-0.15, -0.1) is 0 Å². The molecular weight excluding hydrogens is 330 g/mol. The summed E-state index contributed by atoms with van der Waals surface area (Å²) in [6.45, 7) is 5.87. The van der Waals surface area contributed by atoms with E-state index in [9.17, 15) is 14.9 Å². The molecule has 3 rings (SSSR count). The SMILES string of the molecule is CCOC(=O)c1cn(Cc2ccccc2)c2c(C#N)c(C)c(C)n2c1=O. The highest BCUT2D eigenvalue weighted by Crippen LogP contribution is 2.22. The second-order valence-corrected chi connectivity index (χ2v) is 6.04. The summed E-state index contributed by atoms with van der Waals surface area (Å²) in [4.78, 5) is 25.2. The number of rotatable bonds is 4. The minimum atomic E-state index is -0.662. The molecule has 3 aromatic rings. The zero-order chi connectivity index (χ0) is 18.8. The Labute approximate surface area is 150 Å². The molecule has 0 aliphatic carbocycles. The van der Waals surface area contributed by atoms with Gasteiger partial charge in [-0.3, -0.25) is 9.20 Å². The number of nitriles is 1. The second-order valence-electron chi connectivity index (χ2n) is 6.04. The van der Waals surface area contributed by atoms with Gasteiger partial charge in [0.05, 0.1) is 12.2 Å². The van der Waals surface area contributed by atoms with Crippen LogP contribution in [0.15, 0.2) is 41.3 Å². The van der Waals surface area contributed by atoms with Gasteiger partial charge in [0, 0.05) is 18.4 Å². The molecule has 0 aliphatic rings. The highest BCUT2D eigenvalue weighted by Gasteiger charge is 2.22. The summed E-state index contributed by atoms with van der Waals surface area (Å²) in [5.74, 6) is -0.662. The van der Waals surface area contributed by atoms with Gasteiger partial charge >= 0.3 is 5.97 Å². The van der Waals surface area contributed by atoms with Crippen LogP contribution in [0, 0.1) is 25.2 Å². The van der Waals surface area contributed by atoms with Crippen molar-refractivity contribution in [1.29, 1.82) is 5.26 Å². The van der Waals surface area contributed by atoms with Gasteiger partial charge in [0.2, 0.25) is 0 Å². The second kappa shape index (κ2) is 6.89. The standard InChI is InChI=1S/C20H19N3O3/c1-4-26-20(25)17-12-22(11-15-8-6-5-7-9-15)18-16(10-21)13(2)14(3)23(18)19(17)24/h5-9,12H,4,11H2,1-3H3. The van der Waals surface area contributed by atoms with Crippen LogP contribution in [-0.2, 0) is 11.3 Å². The van der Waals surface area contributed by atoms with E-state index in [4.69, 9.17) is 4.74 Å². The molecule has 6 heteroatoms. The number of nitrogens with zero attached hydrogens (tertiary/aromatic N) is 3. The molecule has 132 valence electrons. The van der Waals surface area contributed by atoms with Crippen molar-refractivity contribution in [1.82, 2.24) is 8.97 Å². The minimum absolute atomic E-state index is 0.0436. The Morgan fingerprint density at radius 3 is 2.54 bits per heavy atom. The van der Waals surface area contributed by atoms with Crippen molar-refractivity contribution in [3.63, 3.8) is 0 Å². The first-order valence-corrected chi connectivity index (χ1v) is 8.35. The number of carbonyl (C=O) groups excluding carboxylic acids is 1. The predicted octanol–water partition coefficient (Wildman–Crippen LogP) is 2.81. The lowest BCUT2D eigenvalue weighted by Crippen LogP contribution is -2.27. The van der Waals surface area contributed by atoms with Gasteiger partial charge < -0.3 is 9.30 Å². The molecule has 26 heavy (non-hydrogen) atoms. The van der Waals surface area contributed by atoms with Gasteiger partial charge in [-0.2, -0.15) is 5.26 Å². The van der Waals surface area contributed by atoms with Crippen molar-refractivity contribution < 1.29 is 9.53 Å².